The van der Waals surface area contributed by atoms with Crippen LogP contribution in [-0.2, 0) is 6.54 Å². The molecule has 0 aliphatic carbocycles. The highest BCUT2D eigenvalue weighted by atomic mass is 16.2. The zero-order valence-electron chi connectivity index (χ0n) is 9.78. The van der Waals surface area contributed by atoms with E-state index >= 15 is 0 Å². The van der Waals surface area contributed by atoms with Gasteiger partial charge in [0.15, 0.2) is 0 Å². The van der Waals surface area contributed by atoms with Crippen LogP contribution in [-0.4, -0.2) is 37.0 Å². The van der Waals surface area contributed by atoms with Gasteiger partial charge in [0.1, 0.15) is 0 Å². The standard InChI is InChI=1S/C12H18N4O/c13-15-12(17)11-3-1-2-10(8-11)9-16-6-4-14-5-7-16/h1-3,8,14H,4-7,9,13H2,(H,15,17). The summed E-state index contributed by atoms with van der Waals surface area (Å²) in [6.07, 6.45) is 0. The molecule has 5 heteroatoms. The Balaban J connectivity index is 2.02. The Labute approximate surface area is 101 Å². The Hall–Kier alpha value is -1.43. The molecule has 0 spiro atoms. The van der Waals surface area contributed by atoms with Crippen LogP contribution in [0.2, 0.25) is 0 Å². The van der Waals surface area contributed by atoms with E-state index in [1.807, 2.05) is 18.2 Å². The molecule has 92 valence electrons. The number of nitrogen functional groups attached to an aromatic ring is 1. The fraction of sp³-hybridized carbons (Fsp3) is 0.417. The van der Waals surface area contributed by atoms with E-state index in [9.17, 15) is 4.79 Å². The number of amides is 1. The van der Waals surface area contributed by atoms with E-state index in [2.05, 4.69) is 15.6 Å². The lowest BCUT2D eigenvalue weighted by Gasteiger charge is -2.27. The van der Waals surface area contributed by atoms with Crippen LogP contribution >= 0.6 is 0 Å². The molecule has 0 unspecified atom stereocenters. The lowest BCUT2D eigenvalue weighted by molar-refractivity contribution is 0.0953. The van der Waals surface area contributed by atoms with E-state index in [0.717, 1.165) is 38.3 Å². The number of carbonyl (C=O) groups is 1. The van der Waals surface area contributed by atoms with Gasteiger partial charge in [-0.3, -0.25) is 15.1 Å². The van der Waals surface area contributed by atoms with Crippen molar-refractivity contribution in [3.8, 4) is 0 Å². The third-order valence-electron chi connectivity index (χ3n) is 2.94. The van der Waals surface area contributed by atoms with Gasteiger partial charge in [0, 0.05) is 38.3 Å². The molecule has 0 radical (unpaired) electrons. The molecule has 0 atom stereocenters. The highest BCUT2D eigenvalue weighted by Gasteiger charge is 2.11. The number of hydrazine groups is 1. The molecule has 1 heterocycles. The fourth-order valence-corrected chi connectivity index (χ4v) is 2.02. The second-order valence-corrected chi connectivity index (χ2v) is 4.20. The summed E-state index contributed by atoms with van der Waals surface area (Å²) in [4.78, 5) is 13.8. The number of hydrogen-bond acceptors (Lipinski definition) is 4. The fourth-order valence-electron chi connectivity index (χ4n) is 2.02. The maximum Gasteiger partial charge on any atom is 0.265 e. The van der Waals surface area contributed by atoms with Gasteiger partial charge in [-0.1, -0.05) is 12.1 Å². The number of nitrogens with one attached hydrogen (secondary N) is 2. The first-order chi connectivity index (χ1) is 8.29. The van der Waals surface area contributed by atoms with Crippen LogP contribution in [0.4, 0.5) is 0 Å². The molecule has 17 heavy (non-hydrogen) atoms. The van der Waals surface area contributed by atoms with Gasteiger partial charge in [0.05, 0.1) is 0 Å². The predicted molar refractivity (Wildman–Crippen MR) is 66.2 cm³/mol. The van der Waals surface area contributed by atoms with E-state index in [-0.39, 0.29) is 5.91 Å². The van der Waals surface area contributed by atoms with Crippen LogP contribution in [0.5, 0.6) is 0 Å². The zero-order valence-corrected chi connectivity index (χ0v) is 9.78. The van der Waals surface area contributed by atoms with Crippen molar-refractivity contribution in [2.75, 3.05) is 26.2 Å². The van der Waals surface area contributed by atoms with Gasteiger partial charge in [-0.25, -0.2) is 5.84 Å². The molecule has 1 fully saturated rings. The molecule has 1 aromatic carbocycles. The number of rotatable bonds is 3. The molecular formula is C12H18N4O. The molecule has 0 bridgehead atoms. The van der Waals surface area contributed by atoms with Crippen LogP contribution < -0.4 is 16.6 Å². The number of piperazine rings is 1. The first kappa shape index (κ1) is 12.0. The van der Waals surface area contributed by atoms with Crippen molar-refractivity contribution in [3.05, 3.63) is 35.4 Å². The lowest BCUT2D eigenvalue weighted by Crippen LogP contribution is -2.42. The largest absolute Gasteiger partial charge is 0.314 e. The number of nitrogens with zero attached hydrogens (tertiary/aromatic N) is 1. The van der Waals surface area contributed by atoms with Crippen LogP contribution in [0.1, 0.15) is 15.9 Å². The summed E-state index contributed by atoms with van der Waals surface area (Å²) < 4.78 is 0. The highest BCUT2D eigenvalue weighted by Crippen LogP contribution is 2.09. The molecule has 1 aliphatic heterocycles. The van der Waals surface area contributed by atoms with Crippen molar-refractivity contribution < 1.29 is 4.79 Å². The average molecular weight is 234 g/mol. The van der Waals surface area contributed by atoms with Gasteiger partial charge >= 0.3 is 0 Å². The summed E-state index contributed by atoms with van der Waals surface area (Å²) in [6, 6.07) is 7.59. The van der Waals surface area contributed by atoms with E-state index < -0.39 is 0 Å². The average Bonchev–Trinajstić information content (AvgIpc) is 2.39. The summed E-state index contributed by atoms with van der Waals surface area (Å²) in [5.74, 6) is 4.88. The summed E-state index contributed by atoms with van der Waals surface area (Å²) in [5.41, 5.74) is 3.91. The smallest absolute Gasteiger partial charge is 0.265 e. The molecule has 1 amide bonds. The number of benzene rings is 1. The quantitative estimate of drug-likeness (QED) is 0.381. The Kier molecular flexibility index (Phi) is 4.08. The molecular weight excluding hydrogens is 216 g/mol. The van der Waals surface area contributed by atoms with Crippen molar-refractivity contribution in [3.63, 3.8) is 0 Å². The first-order valence-electron chi connectivity index (χ1n) is 5.82. The van der Waals surface area contributed by atoms with Crippen molar-refractivity contribution >= 4 is 5.91 Å². The third kappa shape index (κ3) is 3.26. The molecule has 1 saturated heterocycles. The Morgan fingerprint density at radius 2 is 2.18 bits per heavy atom. The van der Waals surface area contributed by atoms with Gasteiger partial charge in [0.25, 0.3) is 5.91 Å². The summed E-state index contributed by atoms with van der Waals surface area (Å²) in [5, 5.41) is 3.32. The van der Waals surface area contributed by atoms with E-state index in [1.165, 1.54) is 0 Å². The van der Waals surface area contributed by atoms with Crippen LogP contribution in [0.25, 0.3) is 0 Å². The predicted octanol–water partition coefficient (Wildman–Crippen LogP) is -0.305. The Morgan fingerprint density at radius 1 is 1.41 bits per heavy atom. The maximum atomic E-state index is 11.4. The second kappa shape index (κ2) is 5.77. The summed E-state index contributed by atoms with van der Waals surface area (Å²) >= 11 is 0. The minimum absolute atomic E-state index is 0.243. The minimum Gasteiger partial charge on any atom is -0.314 e. The van der Waals surface area contributed by atoms with Crippen LogP contribution in [0, 0.1) is 0 Å². The van der Waals surface area contributed by atoms with Gasteiger partial charge in [-0.15, -0.1) is 0 Å². The molecule has 1 aromatic rings. The summed E-state index contributed by atoms with van der Waals surface area (Å²) in [6.45, 7) is 5.04. The highest BCUT2D eigenvalue weighted by molar-refractivity contribution is 5.93. The van der Waals surface area contributed by atoms with E-state index in [1.54, 1.807) is 6.07 Å². The van der Waals surface area contributed by atoms with Gasteiger partial charge < -0.3 is 5.32 Å². The van der Waals surface area contributed by atoms with E-state index in [4.69, 9.17) is 5.84 Å². The number of carbonyl (C=O) groups excluding carboxylic acids is 1. The molecule has 0 aromatic heterocycles. The Morgan fingerprint density at radius 3 is 2.88 bits per heavy atom. The third-order valence-corrected chi connectivity index (χ3v) is 2.94. The molecule has 0 saturated carbocycles. The second-order valence-electron chi connectivity index (χ2n) is 4.20. The minimum atomic E-state index is -0.243. The van der Waals surface area contributed by atoms with Crippen molar-refractivity contribution in [1.29, 1.82) is 0 Å². The van der Waals surface area contributed by atoms with E-state index in [0.29, 0.717) is 5.56 Å². The number of nitrogens with two attached hydrogens (primary N) is 1. The zero-order chi connectivity index (χ0) is 12.1. The molecule has 5 nitrogen and oxygen atoms in total. The molecule has 1 aliphatic rings. The normalized spacial score (nSPS) is 16.8. The Bertz CT molecular complexity index is 388. The van der Waals surface area contributed by atoms with Gasteiger partial charge in [-0.2, -0.15) is 0 Å². The van der Waals surface area contributed by atoms with Crippen molar-refractivity contribution in [2.45, 2.75) is 6.54 Å². The van der Waals surface area contributed by atoms with Gasteiger partial charge in [-0.05, 0) is 17.7 Å². The maximum absolute atomic E-state index is 11.4. The first-order valence-corrected chi connectivity index (χ1v) is 5.82. The molecule has 4 N–H and O–H groups in total. The SMILES string of the molecule is NNC(=O)c1cccc(CN2CCNCC2)c1. The summed E-state index contributed by atoms with van der Waals surface area (Å²) in [7, 11) is 0. The van der Waals surface area contributed by atoms with Crippen molar-refractivity contribution in [1.82, 2.24) is 15.6 Å². The van der Waals surface area contributed by atoms with Crippen molar-refractivity contribution in [2.24, 2.45) is 5.84 Å². The number of hydrogen-bond donors (Lipinski definition) is 3. The molecule has 2 rings (SSSR count). The van der Waals surface area contributed by atoms with Crippen LogP contribution in [0.3, 0.4) is 0 Å². The van der Waals surface area contributed by atoms with Crippen LogP contribution in [0.15, 0.2) is 24.3 Å². The topological polar surface area (TPSA) is 70.4 Å². The lowest BCUT2D eigenvalue weighted by atomic mass is 10.1. The monoisotopic (exact) mass is 234 g/mol. The van der Waals surface area contributed by atoms with Gasteiger partial charge in [0.2, 0.25) is 0 Å².